The summed E-state index contributed by atoms with van der Waals surface area (Å²) >= 11 is 0. The topological polar surface area (TPSA) is 85.1 Å². The smallest absolute Gasteiger partial charge is 0.244 e. The molecule has 0 aliphatic carbocycles. The summed E-state index contributed by atoms with van der Waals surface area (Å²) in [4.78, 5) is 26.8. The van der Waals surface area contributed by atoms with Crippen molar-refractivity contribution in [3.63, 3.8) is 0 Å². The van der Waals surface area contributed by atoms with Crippen LogP contribution >= 0.6 is 0 Å². The van der Waals surface area contributed by atoms with Gasteiger partial charge in [0.15, 0.2) is 11.6 Å². The maximum atomic E-state index is 13.6. The molecule has 2 fully saturated rings. The van der Waals surface area contributed by atoms with Gasteiger partial charge in [-0.3, -0.25) is 4.79 Å². The van der Waals surface area contributed by atoms with E-state index >= 15 is 0 Å². The number of piperazine rings is 1. The maximum Gasteiger partial charge on any atom is 0.244 e. The van der Waals surface area contributed by atoms with Crippen molar-refractivity contribution in [2.24, 2.45) is 10.9 Å². The second-order valence-corrected chi connectivity index (χ2v) is 10.8. The number of hydrogen-bond acceptors (Lipinski definition) is 7. The Kier molecular flexibility index (Phi) is 8.59. The highest BCUT2D eigenvalue weighted by Crippen LogP contribution is 2.26. The van der Waals surface area contributed by atoms with E-state index in [-0.39, 0.29) is 36.1 Å². The molecule has 224 valence electrons. The van der Waals surface area contributed by atoms with Gasteiger partial charge in [0.05, 0.1) is 13.2 Å². The minimum absolute atomic E-state index is 0.0376. The molecule has 0 spiro atoms. The van der Waals surface area contributed by atoms with E-state index < -0.39 is 0 Å². The zero-order valence-corrected chi connectivity index (χ0v) is 24.0. The summed E-state index contributed by atoms with van der Waals surface area (Å²) in [5.74, 6) is 1.83. The standard InChI is InChI=1S/C32H34F2N6O3/c1-2-22-11-13-35-29(19-28(22)43-27-12-18-42-21-27)38-14-16-39(17-15-38)30(41)20-40-32(24-5-9-26(34)10-6-24)36-31(37-40)23-3-7-25(33)8-4-23/h3-11,13,19,22,27H,2,12,14-18,20-21H2,1H3. The van der Waals surface area contributed by atoms with Crippen molar-refractivity contribution in [1.82, 2.24) is 24.6 Å². The van der Waals surface area contributed by atoms with Crippen LogP contribution in [0.1, 0.15) is 19.8 Å². The molecular formula is C32H34F2N6O3. The lowest BCUT2D eigenvalue weighted by molar-refractivity contribution is -0.133. The Labute approximate surface area is 249 Å². The zero-order valence-electron chi connectivity index (χ0n) is 24.0. The molecule has 2 aromatic carbocycles. The summed E-state index contributed by atoms with van der Waals surface area (Å²) in [6.45, 7) is 5.69. The SMILES string of the molecule is CCC1C=CN=C(N2CCN(C(=O)Cn3nc(-c4ccc(F)cc4)nc3-c3ccc(F)cc3)CC2)C=C1OC1CCOC1. The number of halogens is 2. The van der Waals surface area contributed by atoms with Gasteiger partial charge in [0, 0.05) is 61.9 Å². The molecule has 0 bridgehead atoms. The Balaban J connectivity index is 1.15. The number of rotatable bonds is 7. The lowest BCUT2D eigenvalue weighted by Gasteiger charge is -2.36. The van der Waals surface area contributed by atoms with E-state index in [0.29, 0.717) is 55.6 Å². The summed E-state index contributed by atoms with van der Waals surface area (Å²) in [6, 6.07) is 11.7. The van der Waals surface area contributed by atoms with Gasteiger partial charge < -0.3 is 19.3 Å². The number of carbonyl (C=O) groups excluding carboxylic acids is 1. The normalized spacial score (nSPS) is 20.5. The fraction of sp³-hybridized carbons (Fsp3) is 0.375. The van der Waals surface area contributed by atoms with Crippen LogP contribution in [0, 0.1) is 17.6 Å². The van der Waals surface area contributed by atoms with Crippen molar-refractivity contribution in [3.8, 4) is 22.8 Å². The summed E-state index contributed by atoms with van der Waals surface area (Å²) < 4.78 is 40.5. The molecule has 11 heteroatoms. The van der Waals surface area contributed by atoms with E-state index in [9.17, 15) is 13.6 Å². The third-order valence-electron chi connectivity index (χ3n) is 7.91. The largest absolute Gasteiger partial charge is 0.492 e. The van der Waals surface area contributed by atoms with Crippen LogP contribution in [0.4, 0.5) is 8.78 Å². The number of nitrogens with zero attached hydrogens (tertiary/aromatic N) is 6. The number of amides is 1. The van der Waals surface area contributed by atoms with Crippen molar-refractivity contribution in [1.29, 1.82) is 0 Å². The Hall–Kier alpha value is -4.38. The van der Waals surface area contributed by atoms with Gasteiger partial charge >= 0.3 is 0 Å². The fourth-order valence-electron chi connectivity index (χ4n) is 5.42. The van der Waals surface area contributed by atoms with Crippen molar-refractivity contribution >= 4 is 11.7 Å². The van der Waals surface area contributed by atoms with Crippen molar-refractivity contribution in [2.75, 3.05) is 39.4 Å². The predicted octanol–water partition coefficient (Wildman–Crippen LogP) is 4.68. The molecule has 2 atom stereocenters. The van der Waals surface area contributed by atoms with Crippen molar-refractivity contribution in [3.05, 3.63) is 84.3 Å². The van der Waals surface area contributed by atoms with E-state index in [4.69, 9.17) is 14.5 Å². The molecule has 3 aliphatic heterocycles. The highest BCUT2D eigenvalue weighted by atomic mass is 19.1. The lowest BCUT2D eigenvalue weighted by Crippen LogP contribution is -2.51. The molecule has 1 aromatic heterocycles. The highest BCUT2D eigenvalue weighted by Gasteiger charge is 2.27. The third kappa shape index (κ3) is 6.67. The molecule has 9 nitrogen and oxygen atoms in total. The Morgan fingerprint density at radius 1 is 1.00 bits per heavy atom. The fourth-order valence-corrected chi connectivity index (χ4v) is 5.42. The number of hydrogen-bond donors (Lipinski definition) is 0. The Bertz CT molecular complexity index is 1520. The van der Waals surface area contributed by atoms with Crippen LogP contribution in [-0.4, -0.2) is 81.8 Å². The van der Waals surface area contributed by atoms with Crippen LogP contribution < -0.4 is 0 Å². The quantitative estimate of drug-likeness (QED) is 0.399. The average Bonchev–Trinajstić information content (AvgIpc) is 3.64. The number of benzene rings is 2. The summed E-state index contributed by atoms with van der Waals surface area (Å²) in [6.07, 6.45) is 7.80. The van der Waals surface area contributed by atoms with Crippen molar-refractivity contribution < 1.29 is 23.0 Å². The minimum Gasteiger partial charge on any atom is -0.492 e. The van der Waals surface area contributed by atoms with Crippen LogP contribution in [0.25, 0.3) is 22.8 Å². The molecule has 1 amide bonds. The van der Waals surface area contributed by atoms with Crippen LogP contribution in [0.5, 0.6) is 0 Å². The number of aromatic nitrogens is 3. The van der Waals surface area contributed by atoms with Crippen LogP contribution in [-0.2, 0) is 20.8 Å². The van der Waals surface area contributed by atoms with E-state index in [0.717, 1.165) is 31.0 Å². The Morgan fingerprint density at radius 3 is 2.35 bits per heavy atom. The van der Waals surface area contributed by atoms with Gasteiger partial charge in [-0.2, -0.15) is 0 Å². The number of carbonyl (C=O) groups is 1. The van der Waals surface area contributed by atoms with Gasteiger partial charge in [-0.05, 0) is 55.0 Å². The van der Waals surface area contributed by atoms with E-state index in [1.54, 1.807) is 24.3 Å². The number of amidine groups is 1. The molecule has 43 heavy (non-hydrogen) atoms. The van der Waals surface area contributed by atoms with Gasteiger partial charge in [-0.15, -0.1) is 5.10 Å². The zero-order chi connectivity index (χ0) is 29.8. The van der Waals surface area contributed by atoms with Crippen LogP contribution in [0.2, 0.25) is 0 Å². The molecule has 4 heterocycles. The average molecular weight is 589 g/mol. The molecule has 0 radical (unpaired) electrons. The van der Waals surface area contributed by atoms with Gasteiger partial charge in [-0.25, -0.2) is 23.4 Å². The number of allylic oxidation sites excluding steroid dienone is 1. The number of ether oxygens (including phenoxy) is 2. The molecule has 2 saturated heterocycles. The first kappa shape index (κ1) is 28.7. The molecular weight excluding hydrogens is 554 g/mol. The first-order valence-corrected chi connectivity index (χ1v) is 14.7. The third-order valence-corrected chi connectivity index (χ3v) is 7.91. The van der Waals surface area contributed by atoms with Gasteiger partial charge in [0.1, 0.15) is 35.9 Å². The first-order valence-electron chi connectivity index (χ1n) is 14.7. The van der Waals surface area contributed by atoms with Gasteiger partial charge in [0.2, 0.25) is 5.91 Å². The van der Waals surface area contributed by atoms with Crippen molar-refractivity contribution in [2.45, 2.75) is 32.4 Å². The molecule has 6 rings (SSSR count). The second kappa shape index (κ2) is 12.9. The molecule has 2 unspecified atom stereocenters. The first-order chi connectivity index (χ1) is 21.0. The monoisotopic (exact) mass is 588 g/mol. The molecule has 3 aliphatic rings. The van der Waals surface area contributed by atoms with E-state index in [2.05, 4.69) is 28.0 Å². The summed E-state index contributed by atoms with van der Waals surface area (Å²) in [5, 5.41) is 4.58. The van der Waals surface area contributed by atoms with Gasteiger partial charge in [-0.1, -0.05) is 13.0 Å². The van der Waals surface area contributed by atoms with E-state index in [1.807, 2.05) is 17.2 Å². The van der Waals surface area contributed by atoms with E-state index in [1.165, 1.54) is 28.9 Å². The van der Waals surface area contributed by atoms with Crippen LogP contribution in [0.3, 0.4) is 0 Å². The Morgan fingerprint density at radius 2 is 1.70 bits per heavy atom. The molecule has 3 aromatic rings. The minimum atomic E-state index is -0.373. The number of aliphatic imine (C=N–C) groups is 1. The predicted molar refractivity (Wildman–Crippen MR) is 158 cm³/mol. The summed E-state index contributed by atoms with van der Waals surface area (Å²) in [7, 11) is 0. The molecule has 0 N–H and O–H groups in total. The maximum absolute atomic E-state index is 13.6. The lowest BCUT2D eigenvalue weighted by atomic mass is 10.0. The van der Waals surface area contributed by atoms with Crippen LogP contribution in [0.15, 0.2) is 77.6 Å². The molecule has 0 saturated carbocycles. The highest BCUT2D eigenvalue weighted by molar-refractivity contribution is 5.94. The summed E-state index contributed by atoms with van der Waals surface area (Å²) in [5.41, 5.74) is 1.24. The second-order valence-electron chi connectivity index (χ2n) is 10.8. The van der Waals surface area contributed by atoms with Gasteiger partial charge in [0.25, 0.3) is 0 Å².